The van der Waals surface area contributed by atoms with Crippen LogP contribution in [0.2, 0.25) is 0 Å². The van der Waals surface area contributed by atoms with Crippen molar-refractivity contribution in [3.8, 4) is 0 Å². The van der Waals surface area contributed by atoms with Crippen LogP contribution in [0.3, 0.4) is 0 Å². The third-order valence-corrected chi connectivity index (χ3v) is 9.64. The van der Waals surface area contributed by atoms with E-state index in [1.165, 1.54) is 50.8 Å². The van der Waals surface area contributed by atoms with Gasteiger partial charge in [-0.25, -0.2) is 0 Å². The molecular weight excluding hydrogens is 384 g/mol. The molecule has 4 aliphatic carbocycles. The third kappa shape index (κ3) is 3.28. The molecule has 6 bridgehead atoms. The molecular formula is C27H38N2O2. The predicted octanol–water partition coefficient (Wildman–Crippen LogP) is 4.14. The highest BCUT2D eigenvalue weighted by Crippen LogP contribution is 2.70. The minimum atomic E-state index is -0.210. The minimum absolute atomic E-state index is 0.143. The van der Waals surface area contributed by atoms with Gasteiger partial charge in [-0.2, -0.15) is 0 Å². The summed E-state index contributed by atoms with van der Waals surface area (Å²) >= 11 is 0. The lowest BCUT2D eigenvalue weighted by Gasteiger charge is -2.66. The van der Waals surface area contributed by atoms with Crippen LogP contribution in [0.5, 0.6) is 0 Å². The number of rotatable bonds is 6. The molecule has 3 aliphatic heterocycles. The average Bonchev–Trinajstić information content (AvgIpc) is 2.78. The van der Waals surface area contributed by atoms with E-state index in [4.69, 9.17) is 4.74 Å². The van der Waals surface area contributed by atoms with Crippen LogP contribution in [0, 0.1) is 22.7 Å². The number of benzene rings is 1. The molecule has 3 saturated heterocycles. The van der Waals surface area contributed by atoms with Crippen LogP contribution >= 0.6 is 0 Å². The predicted molar refractivity (Wildman–Crippen MR) is 122 cm³/mol. The number of hydrogen-bond donors (Lipinski definition) is 1. The average molecular weight is 423 g/mol. The SMILES string of the molecule is CCOC[C@@]12CC3CC(C(=O)N[C@@H]4CN5CCC4CC5)(C1)C[C@](c1ccccc1)(C3)C2. The first kappa shape index (κ1) is 20.2. The summed E-state index contributed by atoms with van der Waals surface area (Å²) in [6.45, 7) is 7.19. The van der Waals surface area contributed by atoms with Crippen LogP contribution in [0.15, 0.2) is 30.3 Å². The van der Waals surface area contributed by atoms with Gasteiger partial charge in [0.2, 0.25) is 5.91 Å². The van der Waals surface area contributed by atoms with E-state index < -0.39 is 0 Å². The van der Waals surface area contributed by atoms with Crippen molar-refractivity contribution < 1.29 is 9.53 Å². The number of carbonyl (C=O) groups is 1. The van der Waals surface area contributed by atoms with Gasteiger partial charge in [-0.05, 0) is 99.6 Å². The van der Waals surface area contributed by atoms with Gasteiger partial charge in [0.05, 0.1) is 12.0 Å². The Labute approximate surface area is 187 Å². The number of nitrogens with one attached hydrogen (secondary N) is 1. The second-order valence-corrected chi connectivity index (χ2v) is 11.8. The second kappa shape index (κ2) is 7.31. The Balaban J connectivity index is 1.32. The van der Waals surface area contributed by atoms with Gasteiger partial charge in [-0.1, -0.05) is 30.3 Å². The Morgan fingerprint density at radius 1 is 1.10 bits per heavy atom. The topological polar surface area (TPSA) is 41.6 Å². The summed E-state index contributed by atoms with van der Waals surface area (Å²) in [5, 5.41) is 3.63. The number of piperidine rings is 3. The van der Waals surface area contributed by atoms with Crippen molar-refractivity contribution in [1.82, 2.24) is 10.2 Å². The molecule has 0 radical (unpaired) electrons. The van der Waals surface area contributed by atoms with Gasteiger partial charge in [0.1, 0.15) is 0 Å². The molecule has 5 atom stereocenters. The van der Waals surface area contributed by atoms with E-state index in [1.54, 1.807) is 0 Å². The fourth-order valence-electron chi connectivity index (χ4n) is 8.93. The lowest BCUT2D eigenvalue weighted by Crippen LogP contribution is -2.66. The summed E-state index contributed by atoms with van der Waals surface area (Å²) in [5.41, 5.74) is 1.56. The largest absolute Gasteiger partial charge is 0.381 e. The van der Waals surface area contributed by atoms with Crippen molar-refractivity contribution in [2.75, 3.05) is 32.8 Å². The molecule has 4 heteroatoms. The van der Waals surface area contributed by atoms with E-state index in [9.17, 15) is 4.79 Å². The van der Waals surface area contributed by atoms with Gasteiger partial charge >= 0.3 is 0 Å². The van der Waals surface area contributed by atoms with Crippen molar-refractivity contribution in [1.29, 1.82) is 0 Å². The number of ether oxygens (including phenoxy) is 1. The number of carbonyl (C=O) groups excluding carboxylic acids is 1. The molecule has 3 heterocycles. The summed E-state index contributed by atoms with van der Waals surface area (Å²) in [7, 11) is 0. The van der Waals surface area contributed by atoms with Gasteiger partial charge in [0.25, 0.3) is 0 Å². The Morgan fingerprint density at radius 2 is 1.90 bits per heavy atom. The van der Waals surface area contributed by atoms with E-state index in [-0.39, 0.29) is 16.2 Å². The normalized spacial score (nSPS) is 45.1. The lowest BCUT2D eigenvalue weighted by atomic mass is 9.38. The highest BCUT2D eigenvalue weighted by Gasteiger charge is 2.66. The molecule has 7 fully saturated rings. The molecule has 8 rings (SSSR count). The fourth-order valence-corrected chi connectivity index (χ4v) is 8.93. The maximum absolute atomic E-state index is 14.1. The molecule has 4 nitrogen and oxygen atoms in total. The standard InChI is InChI=1S/C27H38N2O2/c1-2-31-19-25-12-20-13-26(16-25,22-6-4-3-5-7-22)18-27(14-20,17-25)24(30)28-23-15-29-10-8-21(23)9-11-29/h3-7,20-21,23H,2,8-19H2,1H3,(H,28,30)/t20?,23-,25-,26+,27?/m1/s1. The van der Waals surface area contributed by atoms with Crippen LogP contribution in [-0.2, 0) is 14.9 Å². The summed E-state index contributed by atoms with van der Waals surface area (Å²) < 4.78 is 6.08. The van der Waals surface area contributed by atoms with E-state index in [1.807, 2.05) is 0 Å². The first-order valence-electron chi connectivity index (χ1n) is 12.7. The van der Waals surface area contributed by atoms with Crippen LogP contribution in [0.25, 0.3) is 0 Å². The molecule has 2 unspecified atom stereocenters. The molecule has 168 valence electrons. The van der Waals surface area contributed by atoms with Crippen LogP contribution in [-0.4, -0.2) is 49.7 Å². The fraction of sp³-hybridized carbons (Fsp3) is 0.741. The number of fused-ring (bicyclic) bond motifs is 3. The van der Waals surface area contributed by atoms with E-state index in [2.05, 4.69) is 47.5 Å². The molecule has 1 aromatic carbocycles. The molecule has 0 spiro atoms. The monoisotopic (exact) mass is 422 g/mol. The first-order valence-corrected chi connectivity index (χ1v) is 12.7. The summed E-state index contributed by atoms with van der Waals surface area (Å²) in [6.07, 6.45) is 9.33. The number of nitrogens with zero attached hydrogens (tertiary/aromatic N) is 1. The zero-order valence-electron chi connectivity index (χ0n) is 19.1. The highest BCUT2D eigenvalue weighted by atomic mass is 16.5. The Hall–Kier alpha value is -1.39. The van der Waals surface area contributed by atoms with Crippen molar-refractivity contribution in [2.45, 2.75) is 69.7 Å². The number of hydrogen-bond acceptors (Lipinski definition) is 3. The zero-order chi connectivity index (χ0) is 21.1. The minimum Gasteiger partial charge on any atom is -0.381 e. The first-order chi connectivity index (χ1) is 15.0. The van der Waals surface area contributed by atoms with Gasteiger partial charge in [-0.15, -0.1) is 0 Å². The molecule has 1 N–H and O–H groups in total. The van der Waals surface area contributed by atoms with Gasteiger partial charge in [0.15, 0.2) is 0 Å². The second-order valence-electron chi connectivity index (χ2n) is 11.8. The van der Waals surface area contributed by atoms with Crippen molar-refractivity contribution in [3.05, 3.63) is 35.9 Å². The smallest absolute Gasteiger partial charge is 0.226 e. The van der Waals surface area contributed by atoms with Gasteiger partial charge in [0, 0.05) is 19.2 Å². The van der Waals surface area contributed by atoms with Crippen LogP contribution in [0.1, 0.15) is 63.9 Å². The molecule has 7 aliphatic rings. The Bertz CT molecular complexity index is 835. The lowest BCUT2D eigenvalue weighted by molar-refractivity contribution is -0.173. The van der Waals surface area contributed by atoms with Crippen LogP contribution in [0.4, 0.5) is 0 Å². The number of amides is 1. The van der Waals surface area contributed by atoms with E-state index in [0.717, 1.165) is 39.0 Å². The highest BCUT2D eigenvalue weighted by molar-refractivity contribution is 5.84. The summed E-state index contributed by atoms with van der Waals surface area (Å²) in [5.74, 6) is 1.70. The summed E-state index contributed by atoms with van der Waals surface area (Å²) in [4.78, 5) is 16.6. The Kier molecular flexibility index (Phi) is 4.77. The molecule has 4 saturated carbocycles. The maximum Gasteiger partial charge on any atom is 0.226 e. The molecule has 0 aromatic heterocycles. The van der Waals surface area contributed by atoms with Crippen molar-refractivity contribution in [2.24, 2.45) is 22.7 Å². The molecule has 31 heavy (non-hydrogen) atoms. The third-order valence-electron chi connectivity index (χ3n) is 9.64. The van der Waals surface area contributed by atoms with E-state index >= 15 is 0 Å². The van der Waals surface area contributed by atoms with Gasteiger partial charge in [-0.3, -0.25) is 4.79 Å². The van der Waals surface area contributed by atoms with Crippen molar-refractivity contribution >= 4 is 5.91 Å². The van der Waals surface area contributed by atoms with Crippen molar-refractivity contribution in [3.63, 3.8) is 0 Å². The Morgan fingerprint density at radius 3 is 2.61 bits per heavy atom. The molecule has 1 amide bonds. The quantitative estimate of drug-likeness (QED) is 0.749. The zero-order valence-corrected chi connectivity index (χ0v) is 19.1. The van der Waals surface area contributed by atoms with Crippen LogP contribution < -0.4 is 5.32 Å². The summed E-state index contributed by atoms with van der Waals surface area (Å²) in [6, 6.07) is 11.5. The maximum atomic E-state index is 14.1. The van der Waals surface area contributed by atoms with E-state index in [0.29, 0.717) is 23.8 Å². The van der Waals surface area contributed by atoms with Gasteiger partial charge < -0.3 is 15.0 Å². The molecule has 1 aromatic rings.